The monoisotopic (exact) mass is 338 g/mol. The van der Waals surface area contributed by atoms with Gasteiger partial charge in [-0.2, -0.15) is 5.26 Å². The molecule has 0 aliphatic carbocycles. The number of anilines is 1. The molecule has 0 bridgehead atoms. The Kier molecular flexibility index (Phi) is 4.41. The third kappa shape index (κ3) is 3.46. The first kappa shape index (κ1) is 13.9. The summed E-state index contributed by atoms with van der Waals surface area (Å²) in [6, 6.07) is 12.0. The minimum Gasteiger partial charge on any atom is -0.381 e. The average Bonchev–Trinajstić information content (AvgIpc) is 2.40. The van der Waals surface area contributed by atoms with Crippen molar-refractivity contribution in [3.63, 3.8) is 0 Å². The Morgan fingerprint density at radius 1 is 1.26 bits per heavy atom. The molecular weight excluding hydrogens is 331 g/mol. The summed E-state index contributed by atoms with van der Waals surface area (Å²) >= 11 is 9.04. The Labute approximate surface area is 123 Å². The standard InChI is InChI=1S/C14H9BrClFN2/c15-12-6-11(3-2-10(12)7-18)19-8-9-1-4-14(17)13(16)5-9/h1-6,19H,8H2. The Hall–Kier alpha value is -1.57. The fourth-order valence-electron chi connectivity index (χ4n) is 1.57. The lowest BCUT2D eigenvalue weighted by Crippen LogP contribution is -2.00. The van der Waals surface area contributed by atoms with Gasteiger partial charge in [0.05, 0.1) is 10.6 Å². The second-order valence-electron chi connectivity index (χ2n) is 3.91. The second kappa shape index (κ2) is 6.05. The zero-order chi connectivity index (χ0) is 13.8. The summed E-state index contributed by atoms with van der Waals surface area (Å²) in [7, 11) is 0. The summed E-state index contributed by atoms with van der Waals surface area (Å²) in [5.41, 5.74) is 2.33. The predicted molar refractivity (Wildman–Crippen MR) is 77.6 cm³/mol. The molecule has 0 aliphatic heterocycles. The quantitative estimate of drug-likeness (QED) is 0.878. The van der Waals surface area contributed by atoms with Crippen molar-refractivity contribution in [1.29, 1.82) is 5.26 Å². The lowest BCUT2D eigenvalue weighted by atomic mass is 10.2. The fraction of sp³-hybridized carbons (Fsp3) is 0.0714. The van der Waals surface area contributed by atoms with E-state index < -0.39 is 5.82 Å². The molecule has 2 rings (SSSR count). The van der Waals surface area contributed by atoms with E-state index in [1.54, 1.807) is 18.2 Å². The van der Waals surface area contributed by atoms with Crippen molar-refractivity contribution in [1.82, 2.24) is 0 Å². The second-order valence-corrected chi connectivity index (χ2v) is 5.17. The van der Waals surface area contributed by atoms with E-state index in [0.717, 1.165) is 15.7 Å². The van der Waals surface area contributed by atoms with Crippen molar-refractivity contribution in [3.05, 3.63) is 62.8 Å². The molecule has 5 heteroatoms. The molecule has 0 aromatic heterocycles. The maximum atomic E-state index is 13.0. The van der Waals surface area contributed by atoms with Gasteiger partial charge in [0.15, 0.2) is 0 Å². The molecule has 0 saturated heterocycles. The molecule has 0 heterocycles. The Balaban J connectivity index is 2.08. The van der Waals surface area contributed by atoms with E-state index >= 15 is 0 Å². The van der Waals surface area contributed by atoms with Gasteiger partial charge >= 0.3 is 0 Å². The number of halogens is 3. The normalized spacial score (nSPS) is 10.0. The molecule has 2 aromatic rings. The number of nitrogens with zero attached hydrogens (tertiary/aromatic N) is 1. The van der Waals surface area contributed by atoms with Crippen LogP contribution in [-0.2, 0) is 6.54 Å². The summed E-state index contributed by atoms with van der Waals surface area (Å²) in [5, 5.41) is 12.1. The molecule has 19 heavy (non-hydrogen) atoms. The number of hydrogen-bond donors (Lipinski definition) is 1. The Morgan fingerprint density at radius 2 is 2.05 bits per heavy atom. The van der Waals surface area contributed by atoms with Crippen LogP contribution in [0.5, 0.6) is 0 Å². The van der Waals surface area contributed by atoms with E-state index in [2.05, 4.69) is 27.3 Å². The molecule has 2 nitrogen and oxygen atoms in total. The minimum atomic E-state index is -0.425. The molecule has 0 aliphatic rings. The zero-order valence-corrected chi connectivity index (χ0v) is 12.1. The Morgan fingerprint density at radius 3 is 2.68 bits per heavy atom. The van der Waals surface area contributed by atoms with E-state index in [-0.39, 0.29) is 5.02 Å². The molecule has 0 saturated carbocycles. The number of nitrogens with one attached hydrogen (secondary N) is 1. The van der Waals surface area contributed by atoms with Gasteiger partial charge in [-0.15, -0.1) is 0 Å². The van der Waals surface area contributed by atoms with Crippen molar-refractivity contribution in [2.75, 3.05) is 5.32 Å². The highest BCUT2D eigenvalue weighted by Crippen LogP contribution is 2.22. The van der Waals surface area contributed by atoms with Gasteiger partial charge in [0, 0.05) is 16.7 Å². The molecule has 0 unspecified atom stereocenters. The highest BCUT2D eigenvalue weighted by Gasteiger charge is 2.03. The van der Waals surface area contributed by atoms with Gasteiger partial charge in [0.2, 0.25) is 0 Å². The molecule has 0 atom stereocenters. The maximum Gasteiger partial charge on any atom is 0.141 e. The van der Waals surface area contributed by atoms with E-state index in [9.17, 15) is 4.39 Å². The van der Waals surface area contributed by atoms with Crippen molar-refractivity contribution in [2.24, 2.45) is 0 Å². The third-order valence-electron chi connectivity index (χ3n) is 2.57. The molecule has 0 amide bonds. The van der Waals surface area contributed by atoms with Crippen molar-refractivity contribution in [2.45, 2.75) is 6.54 Å². The van der Waals surface area contributed by atoms with Crippen LogP contribution in [0.2, 0.25) is 5.02 Å². The third-order valence-corrected chi connectivity index (χ3v) is 3.52. The molecule has 0 spiro atoms. The Bertz CT molecular complexity index is 652. The number of rotatable bonds is 3. The number of hydrogen-bond acceptors (Lipinski definition) is 2. The van der Waals surface area contributed by atoms with Crippen LogP contribution in [0.3, 0.4) is 0 Å². The van der Waals surface area contributed by atoms with Gasteiger partial charge in [0.25, 0.3) is 0 Å². The summed E-state index contributed by atoms with van der Waals surface area (Å²) in [5.74, 6) is -0.425. The van der Waals surface area contributed by atoms with Gasteiger partial charge in [-0.05, 0) is 51.8 Å². The van der Waals surface area contributed by atoms with E-state index in [0.29, 0.717) is 12.1 Å². The smallest absolute Gasteiger partial charge is 0.141 e. The lowest BCUT2D eigenvalue weighted by Gasteiger charge is -2.08. The summed E-state index contributed by atoms with van der Waals surface area (Å²) in [6.45, 7) is 0.526. The summed E-state index contributed by atoms with van der Waals surface area (Å²) in [4.78, 5) is 0. The van der Waals surface area contributed by atoms with Gasteiger partial charge in [-0.3, -0.25) is 0 Å². The minimum absolute atomic E-state index is 0.111. The molecule has 96 valence electrons. The highest BCUT2D eigenvalue weighted by molar-refractivity contribution is 9.10. The molecule has 0 radical (unpaired) electrons. The van der Waals surface area contributed by atoms with Crippen LogP contribution >= 0.6 is 27.5 Å². The highest BCUT2D eigenvalue weighted by atomic mass is 79.9. The SMILES string of the molecule is N#Cc1ccc(NCc2ccc(F)c(Cl)c2)cc1Br. The number of benzene rings is 2. The average molecular weight is 340 g/mol. The van der Waals surface area contributed by atoms with Crippen LogP contribution < -0.4 is 5.32 Å². The van der Waals surface area contributed by atoms with Gasteiger partial charge in [0.1, 0.15) is 11.9 Å². The van der Waals surface area contributed by atoms with Crippen molar-refractivity contribution in [3.8, 4) is 6.07 Å². The van der Waals surface area contributed by atoms with Crippen molar-refractivity contribution >= 4 is 33.2 Å². The lowest BCUT2D eigenvalue weighted by molar-refractivity contribution is 0.627. The van der Waals surface area contributed by atoms with Crippen LogP contribution in [0.25, 0.3) is 0 Å². The summed E-state index contributed by atoms with van der Waals surface area (Å²) in [6.07, 6.45) is 0. The van der Waals surface area contributed by atoms with E-state index in [4.69, 9.17) is 16.9 Å². The number of nitriles is 1. The van der Waals surface area contributed by atoms with E-state index in [1.165, 1.54) is 6.07 Å². The molecule has 1 N–H and O–H groups in total. The maximum absolute atomic E-state index is 13.0. The largest absolute Gasteiger partial charge is 0.381 e. The molecular formula is C14H9BrClFN2. The molecule has 0 fully saturated rings. The predicted octanol–water partition coefficient (Wildman–Crippen LogP) is 4.73. The van der Waals surface area contributed by atoms with Crippen LogP contribution in [0, 0.1) is 17.1 Å². The first-order valence-electron chi connectivity index (χ1n) is 5.47. The first-order chi connectivity index (χ1) is 9.10. The van der Waals surface area contributed by atoms with E-state index in [1.807, 2.05) is 12.1 Å². The van der Waals surface area contributed by atoms with Gasteiger partial charge < -0.3 is 5.32 Å². The van der Waals surface area contributed by atoms with Gasteiger partial charge in [-0.25, -0.2) is 4.39 Å². The van der Waals surface area contributed by atoms with Gasteiger partial charge in [-0.1, -0.05) is 17.7 Å². The fourth-order valence-corrected chi connectivity index (χ4v) is 2.24. The van der Waals surface area contributed by atoms with Crippen molar-refractivity contribution < 1.29 is 4.39 Å². The molecule has 2 aromatic carbocycles. The topological polar surface area (TPSA) is 35.8 Å². The van der Waals surface area contributed by atoms with Crippen LogP contribution in [0.1, 0.15) is 11.1 Å². The first-order valence-corrected chi connectivity index (χ1v) is 6.64. The summed E-state index contributed by atoms with van der Waals surface area (Å²) < 4.78 is 13.7. The zero-order valence-electron chi connectivity index (χ0n) is 9.75. The van der Waals surface area contributed by atoms with Crippen LogP contribution in [0.15, 0.2) is 40.9 Å². The van der Waals surface area contributed by atoms with Crippen LogP contribution in [0.4, 0.5) is 10.1 Å². The van der Waals surface area contributed by atoms with Crippen LogP contribution in [-0.4, -0.2) is 0 Å².